The average molecular weight is 321 g/mol. The maximum Gasteiger partial charge on any atom is 0.310 e. The molecule has 22 heavy (non-hydrogen) atoms. The molecule has 0 bridgehead atoms. The Kier molecular flexibility index (Phi) is 4.84. The topological polar surface area (TPSA) is 72.5 Å². The smallest absolute Gasteiger partial charge is 0.310 e. The van der Waals surface area contributed by atoms with Crippen LogP contribution in [0.1, 0.15) is 12.0 Å². The van der Waals surface area contributed by atoms with Crippen molar-refractivity contribution in [2.75, 3.05) is 26.1 Å². The lowest BCUT2D eigenvalue weighted by Gasteiger charge is -2.29. The van der Waals surface area contributed by atoms with Crippen LogP contribution in [0.25, 0.3) is 0 Å². The van der Waals surface area contributed by atoms with Crippen LogP contribution in [0.15, 0.2) is 28.9 Å². The average Bonchev–Trinajstić information content (AvgIpc) is 2.59. The Hall–Kier alpha value is -1.73. The maximum absolute atomic E-state index is 12.3. The summed E-state index contributed by atoms with van der Waals surface area (Å²) in [6, 6.07) is 3.60. The Morgan fingerprint density at radius 1 is 1.55 bits per heavy atom. The number of hydrogen-bond acceptors (Lipinski definition) is 7. The summed E-state index contributed by atoms with van der Waals surface area (Å²) in [5.74, 6) is 1.08. The zero-order valence-corrected chi connectivity index (χ0v) is 13.2. The summed E-state index contributed by atoms with van der Waals surface area (Å²) in [5, 5.41) is 7.79. The van der Waals surface area contributed by atoms with Crippen molar-refractivity contribution in [3.63, 3.8) is 0 Å². The minimum Gasteiger partial charge on any atom is -0.481 e. The molecule has 7 heteroatoms. The molecule has 2 aliphatic heterocycles. The van der Waals surface area contributed by atoms with Crippen LogP contribution in [0.4, 0.5) is 0 Å². The molecule has 118 valence electrons. The molecule has 1 aromatic rings. The highest BCUT2D eigenvalue weighted by Crippen LogP contribution is 2.33. The van der Waals surface area contributed by atoms with Crippen molar-refractivity contribution in [1.29, 1.82) is 0 Å². The number of rotatable bonds is 4. The predicted molar refractivity (Wildman–Crippen MR) is 84.2 cm³/mol. The fourth-order valence-electron chi connectivity index (χ4n) is 2.50. The summed E-state index contributed by atoms with van der Waals surface area (Å²) >= 11 is 1.71. The van der Waals surface area contributed by atoms with E-state index >= 15 is 0 Å². The first-order chi connectivity index (χ1) is 10.8. The normalized spacial score (nSPS) is 20.9. The van der Waals surface area contributed by atoms with Gasteiger partial charge in [-0.25, -0.2) is 4.98 Å². The van der Waals surface area contributed by atoms with E-state index in [0.717, 1.165) is 31.0 Å². The lowest BCUT2D eigenvalue weighted by Crippen LogP contribution is -2.39. The molecule has 3 heterocycles. The molecule has 1 atom stereocenters. The Labute approximate surface area is 133 Å². The van der Waals surface area contributed by atoms with Crippen LogP contribution < -0.4 is 15.4 Å². The number of nitrogens with one attached hydrogen (secondary N) is 2. The molecule has 0 saturated carbocycles. The number of nitrogens with zero attached hydrogens (tertiary/aromatic N) is 1. The molecule has 0 amide bonds. The second-order valence-corrected chi connectivity index (χ2v) is 6.27. The first-order valence-corrected chi connectivity index (χ1v) is 8.20. The van der Waals surface area contributed by atoms with Gasteiger partial charge in [0.25, 0.3) is 0 Å². The van der Waals surface area contributed by atoms with Gasteiger partial charge in [-0.3, -0.25) is 10.1 Å². The number of thioether (sulfide) groups is 1. The minimum atomic E-state index is -0.139. The second-order valence-electron chi connectivity index (χ2n) is 5.24. The lowest BCUT2D eigenvalue weighted by atomic mass is 10.0. The van der Waals surface area contributed by atoms with E-state index in [-0.39, 0.29) is 18.5 Å². The predicted octanol–water partition coefficient (Wildman–Crippen LogP) is 1.25. The Morgan fingerprint density at radius 3 is 3.32 bits per heavy atom. The molecule has 0 aliphatic carbocycles. The first-order valence-electron chi connectivity index (χ1n) is 7.21. The fraction of sp³-hybridized carbons (Fsp3) is 0.467. The van der Waals surface area contributed by atoms with E-state index in [0.29, 0.717) is 5.88 Å². The number of ether oxygens (including phenoxy) is 2. The molecule has 0 radical (unpaired) electrons. The number of methoxy groups -OCH3 is 1. The van der Waals surface area contributed by atoms with E-state index in [1.165, 1.54) is 10.6 Å². The standard InChI is InChI=1S/C15H19N3O3S/c1-20-13-4-10(2-3-17-13)7-21-15(19)12-5-11-6-16-9-18-14(11)22-8-12/h2-4,12,16,18H,5-9H2,1H3. The van der Waals surface area contributed by atoms with Crippen molar-refractivity contribution in [3.05, 3.63) is 34.5 Å². The van der Waals surface area contributed by atoms with Gasteiger partial charge in [-0.1, -0.05) is 0 Å². The summed E-state index contributed by atoms with van der Waals surface area (Å²) in [7, 11) is 1.56. The number of carbonyl (C=O) groups is 1. The molecule has 0 fully saturated rings. The van der Waals surface area contributed by atoms with Crippen molar-refractivity contribution >= 4 is 17.7 Å². The lowest BCUT2D eigenvalue weighted by molar-refractivity contribution is -0.149. The molecule has 0 aromatic carbocycles. The molecule has 1 unspecified atom stereocenters. The molecule has 0 spiro atoms. The third-order valence-electron chi connectivity index (χ3n) is 3.68. The number of pyridine rings is 1. The van der Waals surface area contributed by atoms with Gasteiger partial charge >= 0.3 is 5.97 Å². The quantitative estimate of drug-likeness (QED) is 0.809. The molecule has 2 N–H and O–H groups in total. The van der Waals surface area contributed by atoms with Gasteiger partial charge in [-0.15, -0.1) is 11.8 Å². The van der Waals surface area contributed by atoms with Gasteiger partial charge in [0.2, 0.25) is 5.88 Å². The van der Waals surface area contributed by atoms with Crippen molar-refractivity contribution in [1.82, 2.24) is 15.6 Å². The van der Waals surface area contributed by atoms with Crippen LogP contribution >= 0.6 is 11.8 Å². The highest BCUT2D eigenvalue weighted by Gasteiger charge is 2.29. The zero-order chi connectivity index (χ0) is 15.4. The SMILES string of the molecule is COc1cc(COC(=O)C2CSC3=C(CNCN3)C2)ccn1. The van der Waals surface area contributed by atoms with E-state index in [1.54, 1.807) is 31.1 Å². The monoisotopic (exact) mass is 321 g/mol. The van der Waals surface area contributed by atoms with Gasteiger partial charge in [0.1, 0.15) is 6.61 Å². The van der Waals surface area contributed by atoms with Crippen molar-refractivity contribution in [2.24, 2.45) is 5.92 Å². The number of aromatic nitrogens is 1. The maximum atomic E-state index is 12.3. The molecule has 2 aliphatic rings. The third kappa shape index (κ3) is 3.53. The van der Waals surface area contributed by atoms with Crippen LogP contribution in [-0.4, -0.2) is 37.0 Å². The summed E-state index contributed by atoms with van der Waals surface area (Å²) in [5.41, 5.74) is 2.15. The Morgan fingerprint density at radius 2 is 2.45 bits per heavy atom. The van der Waals surface area contributed by atoms with Crippen LogP contribution in [0.3, 0.4) is 0 Å². The van der Waals surface area contributed by atoms with Crippen molar-refractivity contribution in [2.45, 2.75) is 13.0 Å². The van der Waals surface area contributed by atoms with Gasteiger partial charge < -0.3 is 14.8 Å². The van der Waals surface area contributed by atoms with Gasteiger partial charge in [0, 0.05) is 24.6 Å². The summed E-state index contributed by atoms with van der Waals surface area (Å²) in [4.78, 5) is 16.3. The van der Waals surface area contributed by atoms with E-state index < -0.39 is 0 Å². The van der Waals surface area contributed by atoms with E-state index in [2.05, 4.69) is 15.6 Å². The van der Waals surface area contributed by atoms with Crippen molar-refractivity contribution in [3.8, 4) is 5.88 Å². The molecular formula is C15H19N3O3S. The molecule has 1 aromatic heterocycles. The zero-order valence-electron chi connectivity index (χ0n) is 12.4. The van der Waals surface area contributed by atoms with Gasteiger partial charge in [-0.2, -0.15) is 0 Å². The number of esters is 1. The number of carbonyl (C=O) groups excluding carboxylic acids is 1. The first kappa shape index (κ1) is 15.2. The minimum absolute atomic E-state index is 0.0748. The van der Waals surface area contributed by atoms with Crippen LogP contribution in [0.2, 0.25) is 0 Å². The Balaban J connectivity index is 1.55. The fourth-order valence-corrected chi connectivity index (χ4v) is 3.65. The van der Waals surface area contributed by atoms with Crippen LogP contribution in [-0.2, 0) is 16.1 Å². The summed E-state index contributed by atoms with van der Waals surface area (Å²) in [6.07, 6.45) is 2.41. The van der Waals surface area contributed by atoms with E-state index in [4.69, 9.17) is 9.47 Å². The largest absolute Gasteiger partial charge is 0.481 e. The summed E-state index contributed by atoms with van der Waals surface area (Å²) < 4.78 is 10.5. The third-order valence-corrected chi connectivity index (χ3v) is 4.97. The summed E-state index contributed by atoms with van der Waals surface area (Å²) in [6.45, 7) is 1.90. The molecule has 0 saturated heterocycles. The van der Waals surface area contributed by atoms with Crippen LogP contribution in [0.5, 0.6) is 5.88 Å². The highest BCUT2D eigenvalue weighted by molar-refractivity contribution is 8.03. The Bertz CT molecular complexity index is 591. The van der Waals surface area contributed by atoms with Crippen LogP contribution in [0, 0.1) is 5.92 Å². The number of hydrogen-bond donors (Lipinski definition) is 2. The van der Waals surface area contributed by atoms with E-state index in [9.17, 15) is 4.79 Å². The molecule has 6 nitrogen and oxygen atoms in total. The molecular weight excluding hydrogens is 302 g/mol. The van der Waals surface area contributed by atoms with Gasteiger partial charge in [0.15, 0.2) is 0 Å². The highest BCUT2D eigenvalue weighted by atomic mass is 32.2. The van der Waals surface area contributed by atoms with Gasteiger partial charge in [0.05, 0.1) is 24.7 Å². The van der Waals surface area contributed by atoms with Gasteiger partial charge in [-0.05, 0) is 23.6 Å². The second kappa shape index (κ2) is 7.02. The van der Waals surface area contributed by atoms with E-state index in [1.807, 2.05) is 6.07 Å². The molecule has 3 rings (SSSR count). The van der Waals surface area contributed by atoms with Crippen molar-refractivity contribution < 1.29 is 14.3 Å².